The van der Waals surface area contributed by atoms with E-state index in [1.807, 2.05) is 0 Å². The first-order chi connectivity index (χ1) is 6.78. The molecule has 1 aliphatic rings. The van der Waals surface area contributed by atoms with Crippen molar-refractivity contribution in [3.05, 3.63) is 16.8 Å². The molecule has 2 rings (SSSR count). The Kier molecular flexibility index (Phi) is 2.41. The van der Waals surface area contributed by atoms with Gasteiger partial charge < -0.3 is 5.11 Å². The Bertz CT molecular complexity index is 349. The van der Waals surface area contributed by atoms with Crippen LogP contribution in [0, 0.1) is 0 Å². The van der Waals surface area contributed by atoms with Crippen molar-refractivity contribution in [1.82, 2.24) is 14.8 Å². The topological polar surface area (TPSA) is 70.9 Å². The van der Waals surface area contributed by atoms with Crippen LogP contribution in [-0.4, -0.2) is 26.5 Å². The summed E-state index contributed by atoms with van der Waals surface area (Å²) in [4.78, 5) is 11.4. The molecule has 5 heteroatoms. The van der Waals surface area contributed by atoms with Crippen LogP contribution in [0.1, 0.15) is 32.1 Å². The molecule has 1 aromatic heterocycles. The second-order valence-electron chi connectivity index (χ2n) is 3.97. The van der Waals surface area contributed by atoms with Gasteiger partial charge in [0.1, 0.15) is 6.33 Å². The molecule has 0 saturated heterocycles. The van der Waals surface area contributed by atoms with Crippen molar-refractivity contribution in [3.8, 4) is 0 Å². The maximum absolute atomic E-state index is 11.4. The van der Waals surface area contributed by atoms with Gasteiger partial charge in [0.05, 0.1) is 12.1 Å². The number of nitrogens with zero attached hydrogens (tertiary/aromatic N) is 2. The predicted octanol–water partition coefficient (Wildman–Crippen LogP) is 0.223. The third-order valence-electron chi connectivity index (χ3n) is 3.14. The highest BCUT2D eigenvalue weighted by Crippen LogP contribution is 2.33. The summed E-state index contributed by atoms with van der Waals surface area (Å²) in [6, 6.07) is 0. The van der Waals surface area contributed by atoms with E-state index >= 15 is 0 Å². The van der Waals surface area contributed by atoms with Gasteiger partial charge >= 0.3 is 5.69 Å². The van der Waals surface area contributed by atoms with Crippen molar-refractivity contribution in [1.29, 1.82) is 0 Å². The Labute approximate surface area is 81.8 Å². The van der Waals surface area contributed by atoms with Gasteiger partial charge in [-0.3, -0.25) is 4.57 Å². The molecule has 14 heavy (non-hydrogen) atoms. The summed E-state index contributed by atoms with van der Waals surface area (Å²) < 4.78 is 1.55. The van der Waals surface area contributed by atoms with Gasteiger partial charge in [-0.05, 0) is 12.8 Å². The fraction of sp³-hybridized carbons (Fsp3) is 0.778. The molecule has 1 fully saturated rings. The zero-order chi connectivity index (χ0) is 10.0. The summed E-state index contributed by atoms with van der Waals surface area (Å²) in [5.41, 5.74) is -0.622. The van der Waals surface area contributed by atoms with Crippen LogP contribution in [0.4, 0.5) is 0 Å². The van der Waals surface area contributed by atoms with Crippen LogP contribution in [0.15, 0.2) is 11.1 Å². The lowest BCUT2D eigenvalue weighted by molar-refractivity contribution is 0.0873. The smallest absolute Gasteiger partial charge is 0.343 e. The van der Waals surface area contributed by atoms with Gasteiger partial charge in [-0.25, -0.2) is 9.89 Å². The first kappa shape index (κ1) is 9.45. The number of aromatic amines is 1. The molecule has 5 nitrogen and oxygen atoms in total. The number of aliphatic hydroxyl groups is 1. The number of aromatic nitrogens is 3. The van der Waals surface area contributed by atoms with E-state index in [1.165, 1.54) is 12.7 Å². The number of rotatable bonds is 2. The van der Waals surface area contributed by atoms with Gasteiger partial charge in [0, 0.05) is 0 Å². The van der Waals surface area contributed by atoms with E-state index in [-0.39, 0.29) is 12.3 Å². The van der Waals surface area contributed by atoms with E-state index in [9.17, 15) is 9.90 Å². The highest BCUT2D eigenvalue weighted by molar-refractivity contribution is 4.90. The van der Waals surface area contributed by atoms with Crippen LogP contribution in [0.2, 0.25) is 0 Å². The Balaban J connectivity index is 2.36. The third kappa shape index (κ3) is 1.37. The first-order valence-corrected chi connectivity index (χ1v) is 5.02. The molecular formula is C9H15N3O2. The lowest BCUT2D eigenvalue weighted by Crippen LogP contribution is -2.44. The molecular weight excluding hydrogens is 182 g/mol. The molecule has 1 heterocycles. The predicted molar refractivity (Wildman–Crippen MR) is 51.0 cm³/mol. The second-order valence-corrected chi connectivity index (χ2v) is 3.97. The van der Waals surface area contributed by atoms with Gasteiger partial charge in [0.15, 0.2) is 0 Å². The monoisotopic (exact) mass is 197 g/mol. The highest BCUT2D eigenvalue weighted by Gasteiger charge is 2.34. The number of H-pyrrole nitrogens is 1. The largest absolute Gasteiger partial charge is 0.394 e. The fourth-order valence-electron chi connectivity index (χ4n) is 2.27. The zero-order valence-corrected chi connectivity index (χ0v) is 8.07. The Morgan fingerprint density at radius 3 is 2.71 bits per heavy atom. The number of hydrogen-bond donors (Lipinski definition) is 2. The first-order valence-electron chi connectivity index (χ1n) is 5.02. The third-order valence-corrected chi connectivity index (χ3v) is 3.14. The minimum atomic E-state index is -0.400. The van der Waals surface area contributed by atoms with Crippen molar-refractivity contribution in [2.45, 2.75) is 37.6 Å². The molecule has 0 radical (unpaired) electrons. The van der Waals surface area contributed by atoms with Crippen LogP contribution < -0.4 is 5.69 Å². The average Bonchev–Trinajstić information content (AvgIpc) is 2.66. The van der Waals surface area contributed by atoms with Crippen LogP contribution in [0.3, 0.4) is 0 Å². The molecule has 0 atom stereocenters. The molecule has 1 saturated carbocycles. The summed E-state index contributed by atoms with van der Waals surface area (Å²) in [6.45, 7) is 0.0203. The zero-order valence-electron chi connectivity index (χ0n) is 8.07. The van der Waals surface area contributed by atoms with Crippen molar-refractivity contribution in [2.24, 2.45) is 0 Å². The Hall–Kier alpha value is -1.10. The van der Waals surface area contributed by atoms with E-state index < -0.39 is 5.54 Å². The standard InChI is InChI=1S/C9H15N3O2/c13-6-9(4-2-1-3-5-9)12-7-10-11-8(12)14/h7,13H,1-6H2,(H,11,14). The quantitative estimate of drug-likeness (QED) is 0.712. The lowest BCUT2D eigenvalue weighted by atomic mass is 9.82. The van der Waals surface area contributed by atoms with Crippen molar-refractivity contribution in [2.75, 3.05) is 6.61 Å². The summed E-state index contributed by atoms with van der Waals surface area (Å²) in [7, 11) is 0. The van der Waals surface area contributed by atoms with Gasteiger partial charge in [0.25, 0.3) is 0 Å². The van der Waals surface area contributed by atoms with Crippen molar-refractivity contribution < 1.29 is 5.11 Å². The molecule has 1 aromatic rings. The van der Waals surface area contributed by atoms with Gasteiger partial charge in [-0.1, -0.05) is 19.3 Å². The van der Waals surface area contributed by atoms with Crippen LogP contribution in [0.5, 0.6) is 0 Å². The molecule has 0 spiro atoms. The summed E-state index contributed by atoms with van der Waals surface area (Å²) in [6.07, 6.45) is 6.54. The maximum Gasteiger partial charge on any atom is 0.343 e. The Morgan fingerprint density at radius 2 is 2.21 bits per heavy atom. The van der Waals surface area contributed by atoms with Crippen LogP contribution in [0.25, 0.3) is 0 Å². The SMILES string of the molecule is O=c1[nH]ncn1C1(CO)CCCCC1. The average molecular weight is 197 g/mol. The van der Waals surface area contributed by atoms with Gasteiger partial charge in [0.2, 0.25) is 0 Å². The minimum Gasteiger partial charge on any atom is -0.394 e. The molecule has 0 amide bonds. The van der Waals surface area contributed by atoms with E-state index in [0.29, 0.717) is 0 Å². The minimum absolute atomic E-state index is 0.0203. The molecule has 0 aliphatic heterocycles. The molecule has 0 unspecified atom stereocenters. The number of nitrogens with one attached hydrogen (secondary N) is 1. The second kappa shape index (κ2) is 3.57. The molecule has 0 aromatic carbocycles. The maximum atomic E-state index is 11.4. The summed E-state index contributed by atoms with van der Waals surface area (Å²) in [5.74, 6) is 0. The van der Waals surface area contributed by atoms with E-state index in [2.05, 4.69) is 10.2 Å². The lowest BCUT2D eigenvalue weighted by Gasteiger charge is -2.35. The van der Waals surface area contributed by atoms with Crippen LogP contribution >= 0.6 is 0 Å². The molecule has 2 N–H and O–H groups in total. The molecule has 1 aliphatic carbocycles. The van der Waals surface area contributed by atoms with Crippen molar-refractivity contribution in [3.63, 3.8) is 0 Å². The molecule has 0 bridgehead atoms. The highest BCUT2D eigenvalue weighted by atomic mass is 16.3. The fourth-order valence-corrected chi connectivity index (χ4v) is 2.27. The van der Waals surface area contributed by atoms with Gasteiger partial charge in [-0.2, -0.15) is 5.10 Å². The van der Waals surface area contributed by atoms with E-state index in [0.717, 1.165) is 25.7 Å². The number of hydrogen-bond acceptors (Lipinski definition) is 3. The van der Waals surface area contributed by atoms with Crippen molar-refractivity contribution >= 4 is 0 Å². The summed E-state index contributed by atoms with van der Waals surface area (Å²) >= 11 is 0. The normalized spacial score (nSPS) is 20.9. The van der Waals surface area contributed by atoms with Gasteiger partial charge in [-0.15, -0.1) is 0 Å². The Morgan fingerprint density at radius 1 is 1.50 bits per heavy atom. The van der Waals surface area contributed by atoms with E-state index in [4.69, 9.17) is 0 Å². The number of aliphatic hydroxyl groups excluding tert-OH is 1. The summed E-state index contributed by atoms with van der Waals surface area (Å²) in [5, 5.41) is 15.5. The molecule has 78 valence electrons. The van der Waals surface area contributed by atoms with Crippen LogP contribution in [-0.2, 0) is 5.54 Å². The van der Waals surface area contributed by atoms with E-state index in [1.54, 1.807) is 4.57 Å².